The molecule has 0 aliphatic rings. The van der Waals surface area contributed by atoms with Crippen molar-refractivity contribution in [3.05, 3.63) is 17.8 Å². The normalized spacial score (nSPS) is 9.88. The number of ether oxygens (including phenoxy) is 2. The molecule has 0 fully saturated rings. The highest BCUT2D eigenvalue weighted by atomic mass is 16.5. The van der Waals surface area contributed by atoms with Crippen molar-refractivity contribution in [3.8, 4) is 0 Å². The molecule has 0 saturated carbocycles. The van der Waals surface area contributed by atoms with Gasteiger partial charge in [-0.25, -0.2) is 9.78 Å². The highest BCUT2D eigenvalue weighted by Gasteiger charge is 2.13. The first-order valence-electron chi connectivity index (χ1n) is 4.76. The molecule has 0 saturated heterocycles. The minimum Gasteiger partial charge on any atom is -0.465 e. The van der Waals surface area contributed by atoms with Crippen LogP contribution < -0.4 is 11.1 Å². The van der Waals surface area contributed by atoms with Gasteiger partial charge in [0, 0.05) is 19.9 Å². The zero-order valence-corrected chi connectivity index (χ0v) is 9.32. The molecule has 6 nitrogen and oxygen atoms in total. The second kappa shape index (κ2) is 5.92. The number of nitrogens with one attached hydrogen (secondary N) is 1. The van der Waals surface area contributed by atoms with Gasteiger partial charge in [-0.1, -0.05) is 0 Å². The van der Waals surface area contributed by atoms with Crippen molar-refractivity contribution in [3.63, 3.8) is 0 Å². The van der Waals surface area contributed by atoms with E-state index in [1.807, 2.05) is 0 Å². The molecule has 1 heterocycles. The lowest BCUT2D eigenvalue weighted by Gasteiger charge is -2.10. The summed E-state index contributed by atoms with van der Waals surface area (Å²) in [6.07, 6.45) is 1.50. The summed E-state index contributed by atoms with van der Waals surface area (Å²) in [5.41, 5.74) is 6.36. The van der Waals surface area contributed by atoms with Crippen LogP contribution in [-0.4, -0.2) is 38.3 Å². The summed E-state index contributed by atoms with van der Waals surface area (Å²) < 4.78 is 9.48. The molecule has 16 heavy (non-hydrogen) atoms. The van der Waals surface area contributed by atoms with Crippen molar-refractivity contribution in [2.75, 3.05) is 38.4 Å². The van der Waals surface area contributed by atoms with Crippen LogP contribution in [0.25, 0.3) is 0 Å². The van der Waals surface area contributed by atoms with Crippen molar-refractivity contribution in [2.24, 2.45) is 0 Å². The lowest BCUT2D eigenvalue weighted by molar-refractivity contribution is 0.0602. The number of methoxy groups -OCH3 is 2. The van der Waals surface area contributed by atoms with Gasteiger partial charge in [-0.2, -0.15) is 0 Å². The van der Waals surface area contributed by atoms with E-state index < -0.39 is 5.97 Å². The fourth-order valence-corrected chi connectivity index (χ4v) is 1.17. The smallest absolute Gasteiger partial charge is 0.340 e. The van der Waals surface area contributed by atoms with Gasteiger partial charge in [0.05, 0.1) is 25.0 Å². The summed E-state index contributed by atoms with van der Waals surface area (Å²) in [5, 5.41) is 2.96. The minimum atomic E-state index is -0.477. The van der Waals surface area contributed by atoms with Crippen molar-refractivity contribution in [1.29, 1.82) is 0 Å². The van der Waals surface area contributed by atoms with Crippen LogP contribution in [0.15, 0.2) is 12.3 Å². The van der Waals surface area contributed by atoms with Crippen molar-refractivity contribution in [1.82, 2.24) is 4.98 Å². The molecule has 1 aromatic rings. The van der Waals surface area contributed by atoms with E-state index in [0.29, 0.717) is 24.5 Å². The Morgan fingerprint density at radius 2 is 2.31 bits per heavy atom. The summed E-state index contributed by atoms with van der Waals surface area (Å²) in [5.74, 6) is -0.0189. The Kier molecular flexibility index (Phi) is 4.53. The number of carbonyl (C=O) groups is 1. The van der Waals surface area contributed by atoms with Gasteiger partial charge < -0.3 is 20.5 Å². The number of nitrogen functional groups attached to an aromatic ring is 1. The summed E-state index contributed by atoms with van der Waals surface area (Å²) in [4.78, 5) is 15.4. The molecule has 0 radical (unpaired) electrons. The Labute approximate surface area is 93.8 Å². The van der Waals surface area contributed by atoms with Crippen molar-refractivity contribution in [2.45, 2.75) is 0 Å². The lowest BCUT2D eigenvalue weighted by atomic mass is 10.2. The molecule has 0 atom stereocenters. The quantitative estimate of drug-likeness (QED) is 0.561. The van der Waals surface area contributed by atoms with E-state index in [1.54, 1.807) is 7.11 Å². The van der Waals surface area contributed by atoms with Gasteiger partial charge in [0.15, 0.2) is 0 Å². The standard InChI is InChI=1S/C10H15N3O3/c1-15-6-5-13-9-8(11)7(3-4-12-9)10(14)16-2/h3-4H,5-6,11H2,1-2H3,(H,12,13). The minimum absolute atomic E-state index is 0.283. The van der Waals surface area contributed by atoms with E-state index in [4.69, 9.17) is 10.5 Å². The highest BCUT2D eigenvalue weighted by molar-refractivity contribution is 5.97. The summed E-state index contributed by atoms with van der Waals surface area (Å²) in [7, 11) is 2.91. The van der Waals surface area contributed by atoms with E-state index in [9.17, 15) is 4.79 Å². The number of carbonyl (C=O) groups excluding carboxylic acids is 1. The molecule has 0 aliphatic heterocycles. The zero-order valence-electron chi connectivity index (χ0n) is 9.32. The molecule has 0 aromatic carbocycles. The van der Waals surface area contributed by atoms with Crippen LogP contribution in [0.1, 0.15) is 10.4 Å². The van der Waals surface area contributed by atoms with E-state index in [-0.39, 0.29) is 5.69 Å². The third-order valence-electron chi connectivity index (χ3n) is 1.99. The largest absolute Gasteiger partial charge is 0.465 e. The number of anilines is 2. The maximum Gasteiger partial charge on any atom is 0.340 e. The Hall–Kier alpha value is -1.82. The van der Waals surface area contributed by atoms with E-state index >= 15 is 0 Å². The lowest BCUT2D eigenvalue weighted by Crippen LogP contribution is -2.13. The first-order chi connectivity index (χ1) is 7.70. The van der Waals surface area contributed by atoms with Crippen molar-refractivity contribution < 1.29 is 14.3 Å². The van der Waals surface area contributed by atoms with Crippen LogP contribution >= 0.6 is 0 Å². The molecule has 0 amide bonds. The second-order valence-corrected chi connectivity index (χ2v) is 3.03. The third-order valence-corrected chi connectivity index (χ3v) is 1.99. The Balaban J connectivity index is 2.82. The zero-order chi connectivity index (χ0) is 12.0. The van der Waals surface area contributed by atoms with E-state index in [2.05, 4.69) is 15.0 Å². The fraction of sp³-hybridized carbons (Fsp3) is 0.400. The number of hydrogen-bond donors (Lipinski definition) is 2. The van der Waals surface area contributed by atoms with Gasteiger partial charge in [0.1, 0.15) is 5.82 Å². The molecule has 0 bridgehead atoms. The van der Waals surface area contributed by atoms with Gasteiger partial charge >= 0.3 is 5.97 Å². The average Bonchev–Trinajstić information content (AvgIpc) is 2.30. The van der Waals surface area contributed by atoms with Crippen LogP contribution in [0.2, 0.25) is 0 Å². The van der Waals surface area contributed by atoms with E-state index in [1.165, 1.54) is 19.4 Å². The topological polar surface area (TPSA) is 86.5 Å². The van der Waals surface area contributed by atoms with Gasteiger partial charge in [0.25, 0.3) is 0 Å². The summed E-state index contributed by atoms with van der Waals surface area (Å²) >= 11 is 0. The molecule has 1 aromatic heterocycles. The van der Waals surface area contributed by atoms with Crippen LogP contribution in [0, 0.1) is 0 Å². The number of hydrogen-bond acceptors (Lipinski definition) is 6. The first kappa shape index (κ1) is 12.3. The van der Waals surface area contributed by atoms with Crippen LogP contribution in [0.5, 0.6) is 0 Å². The second-order valence-electron chi connectivity index (χ2n) is 3.03. The third kappa shape index (κ3) is 2.83. The number of nitrogens with zero attached hydrogens (tertiary/aromatic N) is 1. The Bertz CT molecular complexity index is 368. The monoisotopic (exact) mass is 225 g/mol. The molecular weight excluding hydrogens is 210 g/mol. The summed E-state index contributed by atoms with van der Waals surface area (Å²) in [6.45, 7) is 1.10. The molecule has 88 valence electrons. The van der Waals surface area contributed by atoms with Crippen LogP contribution in [0.3, 0.4) is 0 Å². The molecular formula is C10H15N3O3. The van der Waals surface area contributed by atoms with E-state index in [0.717, 1.165) is 0 Å². The highest BCUT2D eigenvalue weighted by Crippen LogP contribution is 2.20. The van der Waals surface area contributed by atoms with Crippen LogP contribution in [0.4, 0.5) is 11.5 Å². The molecule has 0 aliphatic carbocycles. The number of nitrogens with two attached hydrogens (primary N) is 1. The molecule has 1 rings (SSSR count). The van der Waals surface area contributed by atoms with Crippen LogP contribution in [-0.2, 0) is 9.47 Å². The van der Waals surface area contributed by atoms with Gasteiger partial charge in [0.2, 0.25) is 0 Å². The first-order valence-corrected chi connectivity index (χ1v) is 4.76. The summed E-state index contributed by atoms with van der Waals surface area (Å²) in [6, 6.07) is 1.52. The maximum absolute atomic E-state index is 11.3. The molecule has 0 spiro atoms. The fourth-order valence-electron chi connectivity index (χ4n) is 1.17. The average molecular weight is 225 g/mol. The Morgan fingerprint density at radius 3 is 2.94 bits per heavy atom. The SMILES string of the molecule is COCCNc1nccc(C(=O)OC)c1N. The van der Waals surface area contributed by atoms with Gasteiger partial charge in [-0.3, -0.25) is 0 Å². The van der Waals surface area contributed by atoms with Crippen molar-refractivity contribution >= 4 is 17.5 Å². The van der Waals surface area contributed by atoms with Gasteiger partial charge in [-0.05, 0) is 6.07 Å². The predicted octanol–water partition coefficient (Wildman–Crippen LogP) is 0.509. The Morgan fingerprint density at radius 1 is 1.56 bits per heavy atom. The molecule has 0 unspecified atom stereocenters. The van der Waals surface area contributed by atoms with Gasteiger partial charge in [-0.15, -0.1) is 0 Å². The molecule has 3 N–H and O–H groups in total. The number of rotatable bonds is 5. The number of esters is 1. The predicted molar refractivity (Wildman–Crippen MR) is 60.4 cm³/mol. The number of aromatic nitrogens is 1. The number of pyridine rings is 1. The maximum atomic E-state index is 11.3. The molecule has 6 heteroatoms.